The van der Waals surface area contributed by atoms with E-state index in [0.29, 0.717) is 12.8 Å². The molecular formula is C29H32N2O6. The Balaban J connectivity index is 1.26. The molecule has 1 atom stereocenters. The number of carbonyl (C=O) groups is 4. The standard InChI is InChI=1S/C29H32N2O6/c1-29(2)15-25(32)22(26(33)16-29)11-13-30-14-12-24(27(34)35)31-28(36)37-17-23-20-9-5-3-7-18(20)19-8-4-6-10-21(19)23/h3-11,23-24,30H,12-17H2,1-2H3,(H,31,36)(H,34,35)/t24-/m0/s1. The van der Waals surface area contributed by atoms with Gasteiger partial charge in [0, 0.05) is 25.3 Å². The molecule has 2 aromatic rings. The topological polar surface area (TPSA) is 122 Å². The van der Waals surface area contributed by atoms with Crippen molar-refractivity contribution in [3.63, 3.8) is 0 Å². The number of allylic oxidation sites excluding steroid dienone is 1. The number of amides is 1. The summed E-state index contributed by atoms with van der Waals surface area (Å²) in [4.78, 5) is 48.6. The zero-order chi connectivity index (χ0) is 26.6. The molecule has 2 aliphatic carbocycles. The minimum atomic E-state index is -1.17. The van der Waals surface area contributed by atoms with Gasteiger partial charge in [-0.1, -0.05) is 68.5 Å². The number of aliphatic carboxylic acids is 1. The Morgan fingerprint density at radius 1 is 1.03 bits per heavy atom. The normalized spacial score (nSPS) is 17.1. The molecule has 0 spiro atoms. The molecule has 1 fully saturated rings. The zero-order valence-electron chi connectivity index (χ0n) is 21.1. The van der Waals surface area contributed by atoms with Crippen LogP contribution in [-0.4, -0.2) is 54.5 Å². The minimum absolute atomic E-state index is 0.0941. The van der Waals surface area contributed by atoms with Crippen molar-refractivity contribution < 1.29 is 29.0 Å². The first kappa shape index (κ1) is 26.3. The van der Waals surface area contributed by atoms with Crippen LogP contribution in [0.1, 0.15) is 50.2 Å². The Labute approximate surface area is 216 Å². The van der Waals surface area contributed by atoms with E-state index < -0.39 is 18.1 Å². The van der Waals surface area contributed by atoms with Gasteiger partial charge in [0.05, 0.1) is 5.57 Å². The van der Waals surface area contributed by atoms with Gasteiger partial charge in [0.2, 0.25) is 0 Å². The van der Waals surface area contributed by atoms with Gasteiger partial charge in [-0.05, 0) is 40.6 Å². The largest absolute Gasteiger partial charge is 0.480 e. The average molecular weight is 505 g/mol. The van der Waals surface area contributed by atoms with Gasteiger partial charge < -0.3 is 20.5 Å². The van der Waals surface area contributed by atoms with Gasteiger partial charge in [-0.15, -0.1) is 0 Å². The molecule has 1 saturated carbocycles. The lowest BCUT2D eigenvalue weighted by molar-refractivity contribution is -0.139. The second kappa shape index (κ2) is 11.1. The summed E-state index contributed by atoms with van der Waals surface area (Å²) in [6, 6.07) is 14.8. The van der Waals surface area contributed by atoms with E-state index in [1.807, 2.05) is 62.4 Å². The highest BCUT2D eigenvalue weighted by atomic mass is 16.5. The number of benzene rings is 2. The van der Waals surface area contributed by atoms with E-state index in [9.17, 15) is 24.3 Å². The molecule has 0 bridgehead atoms. The third-order valence-electron chi connectivity index (χ3n) is 6.87. The number of ketones is 2. The number of Topliss-reactive ketones (excluding diaryl/α,β-unsaturated/α-hetero) is 2. The van der Waals surface area contributed by atoms with Crippen LogP contribution in [0.5, 0.6) is 0 Å². The quantitative estimate of drug-likeness (QED) is 0.269. The monoisotopic (exact) mass is 504 g/mol. The molecule has 3 N–H and O–H groups in total. The molecule has 4 rings (SSSR count). The third kappa shape index (κ3) is 6.14. The van der Waals surface area contributed by atoms with Crippen molar-refractivity contribution in [1.82, 2.24) is 10.6 Å². The number of nitrogens with one attached hydrogen (secondary N) is 2. The third-order valence-corrected chi connectivity index (χ3v) is 6.87. The van der Waals surface area contributed by atoms with Crippen LogP contribution in [0.4, 0.5) is 4.79 Å². The summed E-state index contributed by atoms with van der Waals surface area (Å²) in [5.41, 5.74) is 4.25. The van der Waals surface area contributed by atoms with Gasteiger partial charge in [0.15, 0.2) is 11.6 Å². The van der Waals surface area contributed by atoms with E-state index >= 15 is 0 Å². The fourth-order valence-electron chi connectivity index (χ4n) is 5.07. The molecule has 2 aliphatic rings. The second-order valence-electron chi connectivity index (χ2n) is 10.3. The first-order valence-corrected chi connectivity index (χ1v) is 12.5. The fourth-order valence-corrected chi connectivity index (χ4v) is 5.07. The van der Waals surface area contributed by atoms with Crippen LogP contribution in [0, 0.1) is 5.41 Å². The summed E-state index contributed by atoms with van der Waals surface area (Å²) in [6.07, 6.45) is 1.54. The molecule has 194 valence electrons. The highest BCUT2D eigenvalue weighted by Gasteiger charge is 2.35. The summed E-state index contributed by atoms with van der Waals surface area (Å²) in [5.74, 6) is -1.62. The number of hydrogen-bond donors (Lipinski definition) is 3. The molecule has 0 aliphatic heterocycles. The highest BCUT2D eigenvalue weighted by molar-refractivity contribution is 6.22. The number of fused-ring (bicyclic) bond motifs is 3. The molecule has 1 amide bonds. The van der Waals surface area contributed by atoms with E-state index in [4.69, 9.17) is 4.74 Å². The lowest BCUT2D eigenvalue weighted by atomic mass is 9.74. The number of alkyl carbamates (subject to hydrolysis) is 1. The van der Waals surface area contributed by atoms with Gasteiger partial charge in [-0.25, -0.2) is 9.59 Å². The van der Waals surface area contributed by atoms with Crippen LogP contribution >= 0.6 is 0 Å². The molecule has 0 unspecified atom stereocenters. The van der Waals surface area contributed by atoms with Crippen LogP contribution in [0.3, 0.4) is 0 Å². The summed E-state index contributed by atoms with van der Waals surface area (Å²) in [5, 5.41) is 15.0. The van der Waals surface area contributed by atoms with Crippen molar-refractivity contribution in [2.75, 3.05) is 19.7 Å². The van der Waals surface area contributed by atoms with Crippen LogP contribution in [0.15, 0.2) is 60.2 Å². The predicted octanol–water partition coefficient (Wildman–Crippen LogP) is 3.84. The van der Waals surface area contributed by atoms with Gasteiger partial charge in [0.25, 0.3) is 0 Å². The lowest BCUT2D eigenvalue weighted by Crippen LogP contribution is -2.43. The molecule has 0 aromatic heterocycles. The minimum Gasteiger partial charge on any atom is -0.480 e. The SMILES string of the molecule is CC1(C)CC(=O)C(=CCNCC[C@H](NC(=O)OCC2c3ccccc3-c3ccccc32)C(=O)O)C(=O)C1. The van der Waals surface area contributed by atoms with Crippen molar-refractivity contribution in [2.45, 2.75) is 45.1 Å². The Morgan fingerprint density at radius 3 is 2.16 bits per heavy atom. The number of carboxylic acid groups (broad SMARTS) is 1. The Bertz CT molecular complexity index is 1180. The number of rotatable bonds is 9. The maximum atomic E-state index is 12.5. The van der Waals surface area contributed by atoms with Gasteiger partial charge in [0.1, 0.15) is 12.6 Å². The number of carbonyl (C=O) groups excluding carboxylic acids is 3. The Hall–Kier alpha value is -3.78. The molecule has 2 aromatic carbocycles. The maximum Gasteiger partial charge on any atom is 0.407 e. The molecular weight excluding hydrogens is 472 g/mol. The number of ether oxygens (including phenoxy) is 1. The van der Waals surface area contributed by atoms with Crippen LogP contribution in [0.2, 0.25) is 0 Å². The van der Waals surface area contributed by atoms with Crippen molar-refractivity contribution in [3.05, 3.63) is 71.3 Å². The van der Waals surface area contributed by atoms with Crippen LogP contribution in [0.25, 0.3) is 11.1 Å². The molecule has 0 saturated heterocycles. The summed E-state index contributed by atoms with van der Waals surface area (Å²) >= 11 is 0. The summed E-state index contributed by atoms with van der Waals surface area (Å²) in [7, 11) is 0. The summed E-state index contributed by atoms with van der Waals surface area (Å²) in [6.45, 7) is 4.40. The fraction of sp³-hybridized carbons (Fsp3) is 0.379. The molecule has 8 nitrogen and oxygen atoms in total. The van der Waals surface area contributed by atoms with Gasteiger partial charge >= 0.3 is 12.1 Å². The van der Waals surface area contributed by atoms with E-state index in [1.54, 1.807) is 6.08 Å². The van der Waals surface area contributed by atoms with Crippen LogP contribution in [-0.2, 0) is 19.1 Å². The highest BCUT2D eigenvalue weighted by Crippen LogP contribution is 2.44. The van der Waals surface area contributed by atoms with Crippen LogP contribution < -0.4 is 10.6 Å². The van der Waals surface area contributed by atoms with E-state index in [-0.39, 0.29) is 54.6 Å². The number of hydrogen-bond acceptors (Lipinski definition) is 6. The zero-order valence-corrected chi connectivity index (χ0v) is 21.1. The first-order chi connectivity index (χ1) is 17.7. The lowest BCUT2D eigenvalue weighted by Gasteiger charge is -2.28. The number of carboxylic acids is 1. The van der Waals surface area contributed by atoms with Crippen molar-refractivity contribution >= 4 is 23.6 Å². The van der Waals surface area contributed by atoms with E-state index in [1.165, 1.54) is 0 Å². The van der Waals surface area contributed by atoms with Crippen molar-refractivity contribution in [3.8, 4) is 11.1 Å². The Kier molecular flexibility index (Phi) is 7.88. The maximum absolute atomic E-state index is 12.5. The summed E-state index contributed by atoms with van der Waals surface area (Å²) < 4.78 is 5.45. The molecule has 37 heavy (non-hydrogen) atoms. The first-order valence-electron chi connectivity index (χ1n) is 12.5. The predicted molar refractivity (Wildman–Crippen MR) is 138 cm³/mol. The molecule has 8 heteroatoms. The van der Waals surface area contributed by atoms with Gasteiger partial charge in [-0.2, -0.15) is 0 Å². The van der Waals surface area contributed by atoms with Gasteiger partial charge in [-0.3, -0.25) is 9.59 Å². The average Bonchev–Trinajstić information content (AvgIpc) is 3.16. The smallest absolute Gasteiger partial charge is 0.407 e. The Morgan fingerprint density at radius 2 is 1.59 bits per heavy atom. The molecule has 0 heterocycles. The second-order valence-corrected chi connectivity index (χ2v) is 10.3. The van der Waals surface area contributed by atoms with Crippen molar-refractivity contribution in [1.29, 1.82) is 0 Å². The van der Waals surface area contributed by atoms with E-state index in [2.05, 4.69) is 10.6 Å². The molecule has 0 radical (unpaired) electrons. The van der Waals surface area contributed by atoms with E-state index in [0.717, 1.165) is 22.3 Å². The van der Waals surface area contributed by atoms with Crippen molar-refractivity contribution in [2.24, 2.45) is 5.41 Å².